The average Bonchev–Trinajstić information content (AvgIpc) is 2.83. The summed E-state index contributed by atoms with van der Waals surface area (Å²) in [6.07, 6.45) is 1.98. The summed E-state index contributed by atoms with van der Waals surface area (Å²) in [5.41, 5.74) is 1.83. The van der Waals surface area contributed by atoms with Crippen molar-refractivity contribution in [1.29, 1.82) is 0 Å². The third-order valence-corrected chi connectivity index (χ3v) is 5.13. The fourth-order valence-electron chi connectivity index (χ4n) is 3.99. The zero-order chi connectivity index (χ0) is 15.5. The van der Waals surface area contributed by atoms with Gasteiger partial charge in [-0.25, -0.2) is 9.18 Å². The number of rotatable bonds is 0. The average molecular weight is 301 g/mol. The molecule has 0 amide bonds. The minimum absolute atomic E-state index is 0.173. The highest BCUT2D eigenvalue weighted by atomic mass is 19.1. The summed E-state index contributed by atoms with van der Waals surface area (Å²) < 4.78 is 14.0. The summed E-state index contributed by atoms with van der Waals surface area (Å²) in [5, 5.41) is 0. The third kappa shape index (κ3) is 1.67. The van der Waals surface area contributed by atoms with Crippen molar-refractivity contribution in [2.45, 2.75) is 31.3 Å². The highest BCUT2D eigenvalue weighted by Gasteiger charge is 2.46. The van der Waals surface area contributed by atoms with Crippen LogP contribution in [0.2, 0.25) is 0 Å². The molecule has 1 unspecified atom stereocenters. The van der Waals surface area contributed by atoms with Crippen LogP contribution in [0.1, 0.15) is 28.8 Å². The van der Waals surface area contributed by atoms with Gasteiger partial charge in [0.05, 0.1) is 11.1 Å². The van der Waals surface area contributed by atoms with Gasteiger partial charge in [0.1, 0.15) is 5.82 Å². The molecule has 1 atom stereocenters. The maximum Gasteiger partial charge on any atom is 0.325 e. The van der Waals surface area contributed by atoms with Gasteiger partial charge in [0.2, 0.25) is 0 Å². The van der Waals surface area contributed by atoms with Crippen molar-refractivity contribution in [3.05, 3.63) is 67.2 Å². The molecule has 0 saturated heterocycles. The first-order chi connectivity index (χ1) is 10.5. The summed E-state index contributed by atoms with van der Waals surface area (Å²) in [4.78, 5) is 30.7. The molecule has 0 saturated carbocycles. The molecule has 0 radical (unpaired) electrons. The number of halogens is 1. The van der Waals surface area contributed by atoms with E-state index in [9.17, 15) is 14.0 Å². The Hall–Kier alpha value is -2.21. The fourth-order valence-corrected chi connectivity index (χ4v) is 3.99. The predicted molar refractivity (Wildman–Crippen MR) is 79.3 cm³/mol. The number of aromatic amines is 2. The van der Waals surface area contributed by atoms with Gasteiger partial charge in [-0.1, -0.05) is 12.1 Å². The number of benzene rings is 1. The Balaban J connectivity index is 1.91. The number of nitrogens with zero attached hydrogens (tertiary/aromatic N) is 1. The second-order valence-electron chi connectivity index (χ2n) is 6.20. The van der Waals surface area contributed by atoms with Crippen molar-refractivity contribution in [3.63, 3.8) is 0 Å². The summed E-state index contributed by atoms with van der Waals surface area (Å²) in [7, 11) is 1.95. The second-order valence-corrected chi connectivity index (χ2v) is 6.20. The van der Waals surface area contributed by atoms with Gasteiger partial charge in [0, 0.05) is 18.7 Å². The first-order valence-corrected chi connectivity index (χ1v) is 7.35. The molecule has 1 aromatic heterocycles. The van der Waals surface area contributed by atoms with Gasteiger partial charge in [-0.05, 0) is 37.1 Å². The van der Waals surface area contributed by atoms with Crippen LogP contribution in [-0.4, -0.2) is 21.9 Å². The smallest absolute Gasteiger partial charge is 0.311 e. The van der Waals surface area contributed by atoms with Crippen molar-refractivity contribution in [3.8, 4) is 0 Å². The first-order valence-electron chi connectivity index (χ1n) is 7.35. The van der Waals surface area contributed by atoms with E-state index in [0.29, 0.717) is 30.6 Å². The van der Waals surface area contributed by atoms with Gasteiger partial charge >= 0.3 is 5.69 Å². The Morgan fingerprint density at radius 3 is 2.86 bits per heavy atom. The van der Waals surface area contributed by atoms with Gasteiger partial charge in [-0.3, -0.25) is 14.7 Å². The van der Waals surface area contributed by atoms with Gasteiger partial charge in [0.15, 0.2) is 0 Å². The van der Waals surface area contributed by atoms with Crippen LogP contribution in [0.4, 0.5) is 4.39 Å². The highest BCUT2D eigenvalue weighted by molar-refractivity contribution is 5.42. The number of likely N-dealkylation sites (N-methyl/N-ethyl adjacent to an activating group) is 1. The molecule has 22 heavy (non-hydrogen) atoms. The quantitative estimate of drug-likeness (QED) is 0.764. The van der Waals surface area contributed by atoms with E-state index in [1.54, 1.807) is 6.07 Å². The number of hydrogen-bond acceptors (Lipinski definition) is 3. The van der Waals surface area contributed by atoms with Crippen LogP contribution in [0.25, 0.3) is 0 Å². The van der Waals surface area contributed by atoms with Crippen molar-refractivity contribution in [2.24, 2.45) is 0 Å². The van der Waals surface area contributed by atoms with Crippen LogP contribution < -0.4 is 11.2 Å². The lowest BCUT2D eigenvalue weighted by atomic mass is 9.81. The lowest BCUT2D eigenvalue weighted by Gasteiger charge is -2.43. The van der Waals surface area contributed by atoms with Crippen molar-refractivity contribution >= 4 is 0 Å². The molecule has 2 aliphatic rings. The van der Waals surface area contributed by atoms with Gasteiger partial charge in [0.25, 0.3) is 5.56 Å². The van der Waals surface area contributed by atoms with Gasteiger partial charge in [-0.15, -0.1) is 0 Å². The second kappa shape index (κ2) is 4.39. The molecule has 1 aromatic carbocycles. The summed E-state index contributed by atoms with van der Waals surface area (Å²) in [6, 6.07) is 5.17. The monoisotopic (exact) mass is 301 g/mol. The molecule has 1 aliphatic carbocycles. The van der Waals surface area contributed by atoms with E-state index in [0.717, 1.165) is 17.5 Å². The topological polar surface area (TPSA) is 69.0 Å². The maximum atomic E-state index is 14.0. The minimum atomic E-state index is -0.485. The van der Waals surface area contributed by atoms with Crippen molar-refractivity contribution < 1.29 is 4.39 Å². The molecule has 5 nitrogen and oxygen atoms in total. The molecule has 1 aliphatic heterocycles. The van der Waals surface area contributed by atoms with Crippen LogP contribution in [0.15, 0.2) is 27.8 Å². The number of fused-ring (bicyclic) bond motifs is 3. The van der Waals surface area contributed by atoms with E-state index < -0.39 is 5.69 Å². The number of hydrogen-bond donors (Lipinski definition) is 2. The molecule has 6 heteroatoms. The molecule has 114 valence electrons. The van der Waals surface area contributed by atoms with Crippen LogP contribution in [0.5, 0.6) is 0 Å². The number of H-pyrrole nitrogens is 2. The number of aromatic nitrogens is 2. The van der Waals surface area contributed by atoms with Crippen molar-refractivity contribution in [1.82, 2.24) is 14.9 Å². The molecular formula is C16H16FN3O2. The van der Waals surface area contributed by atoms with E-state index in [2.05, 4.69) is 14.9 Å². The van der Waals surface area contributed by atoms with Crippen LogP contribution in [0.3, 0.4) is 0 Å². The Morgan fingerprint density at radius 1 is 1.23 bits per heavy atom. The maximum absolute atomic E-state index is 14.0. The highest BCUT2D eigenvalue weighted by Crippen LogP contribution is 2.46. The molecule has 2 heterocycles. The molecule has 0 bridgehead atoms. The first kappa shape index (κ1) is 13.5. The molecule has 0 fully saturated rings. The molecule has 2 N–H and O–H groups in total. The van der Waals surface area contributed by atoms with E-state index >= 15 is 0 Å². The largest absolute Gasteiger partial charge is 0.325 e. The molecule has 1 spiro atoms. The lowest BCUT2D eigenvalue weighted by molar-refractivity contribution is 0.0921. The fraction of sp³-hybridized carbons (Fsp3) is 0.375. The van der Waals surface area contributed by atoms with Gasteiger partial charge < -0.3 is 4.98 Å². The van der Waals surface area contributed by atoms with E-state index in [1.165, 1.54) is 6.07 Å². The van der Waals surface area contributed by atoms with Crippen LogP contribution in [0, 0.1) is 5.82 Å². The van der Waals surface area contributed by atoms with Crippen LogP contribution in [-0.2, 0) is 24.9 Å². The standard InChI is InChI=1S/C16H16FN3O2/c1-20-8-10-13(18-15(22)19-14(10)21)7-16(20)6-5-9-11(16)3-2-4-12(9)17/h2-4H,5-8H2,1H3,(H2,18,19,21,22). The summed E-state index contributed by atoms with van der Waals surface area (Å²) in [6.45, 7) is 0.442. The van der Waals surface area contributed by atoms with Crippen LogP contribution >= 0.6 is 0 Å². The molecule has 2 aromatic rings. The zero-order valence-corrected chi connectivity index (χ0v) is 12.2. The summed E-state index contributed by atoms with van der Waals surface area (Å²) >= 11 is 0. The summed E-state index contributed by atoms with van der Waals surface area (Å²) in [5.74, 6) is -0.173. The third-order valence-electron chi connectivity index (χ3n) is 5.13. The van der Waals surface area contributed by atoms with E-state index in [-0.39, 0.29) is 16.9 Å². The molecule has 4 rings (SSSR count). The zero-order valence-electron chi connectivity index (χ0n) is 12.2. The normalized spacial score (nSPS) is 23.5. The Kier molecular flexibility index (Phi) is 2.69. The molecular weight excluding hydrogens is 285 g/mol. The minimum Gasteiger partial charge on any atom is -0.311 e. The SMILES string of the molecule is CN1Cc2c([nH]c(=O)[nH]c2=O)CC12CCc1c(F)cccc12. The Bertz CT molecular complexity index is 886. The van der Waals surface area contributed by atoms with Gasteiger partial charge in [-0.2, -0.15) is 0 Å². The Morgan fingerprint density at radius 2 is 2.05 bits per heavy atom. The predicted octanol–water partition coefficient (Wildman–Crippen LogP) is 1.03. The number of nitrogens with one attached hydrogen (secondary N) is 2. The Labute approximate surface area is 125 Å². The van der Waals surface area contributed by atoms with E-state index in [1.807, 2.05) is 13.1 Å². The lowest BCUT2D eigenvalue weighted by Crippen LogP contribution is -2.49. The van der Waals surface area contributed by atoms with Crippen molar-refractivity contribution in [2.75, 3.05) is 7.05 Å². The van der Waals surface area contributed by atoms with E-state index in [4.69, 9.17) is 0 Å².